The van der Waals surface area contributed by atoms with Crippen molar-refractivity contribution in [2.45, 2.75) is 6.54 Å². The molecule has 3 rings (SSSR count). The summed E-state index contributed by atoms with van der Waals surface area (Å²) in [7, 11) is 8.76. The smallest absolute Gasteiger partial charge is 0.259 e. The van der Waals surface area contributed by atoms with E-state index in [1.54, 1.807) is 32.0 Å². The summed E-state index contributed by atoms with van der Waals surface area (Å²) in [5.41, 5.74) is 8.33. The van der Waals surface area contributed by atoms with Crippen LogP contribution < -0.4 is 25.7 Å². The van der Waals surface area contributed by atoms with E-state index in [0.29, 0.717) is 23.4 Å². The van der Waals surface area contributed by atoms with Gasteiger partial charge in [0.25, 0.3) is 5.56 Å². The lowest BCUT2D eigenvalue weighted by atomic mass is 9.99. The Labute approximate surface area is 157 Å². The van der Waals surface area contributed by atoms with E-state index in [1.807, 2.05) is 43.4 Å². The number of benzene rings is 1. The monoisotopic (exact) mass is 368 g/mol. The number of rotatable bonds is 5. The molecule has 142 valence electrons. The number of methoxy groups -OCH3 is 2. The fourth-order valence-corrected chi connectivity index (χ4v) is 3.16. The van der Waals surface area contributed by atoms with Gasteiger partial charge >= 0.3 is 0 Å². The van der Waals surface area contributed by atoms with Crippen molar-refractivity contribution in [3.8, 4) is 22.6 Å². The largest absolute Gasteiger partial charge is 0.496 e. The Morgan fingerprint density at radius 3 is 2.26 bits per heavy atom. The SMILES string of the molecule is COc1cc(-c2cn(C)c(=O)c3cnc(N(C)C)cc23)cc(OC)c1CN. The van der Waals surface area contributed by atoms with Crippen molar-refractivity contribution in [2.24, 2.45) is 12.8 Å². The van der Waals surface area contributed by atoms with Gasteiger partial charge in [0.1, 0.15) is 17.3 Å². The van der Waals surface area contributed by atoms with Crippen LogP contribution in [0.4, 0.5) is 5.82 Å². The van der Waals surface area contributed by atoms with E-state index in [4.69, 9.17) is 15.2 Å². The van der Waals surface area contributed by atoms with E-state index in [1.165, 1.54) is 0 Å². The van der Waals surface area contributed by atoms with Crippen LogP contribution in [0.1, 0.15) is 5.56 Å². The maximum atomic E-state index is 12.6. The van der Waals surface area contributed by atoms with Gasteiger partial charge < -0.3 is 24.7 Å². The van der Waals surface area contributed by atoms with Crippen molar-refractivity contribution in [3.05, 3.63) is 46.5 Å². The van der Waals surface area contributed by atoms with Gasteiger partial charge in [0.2, 0.25) is 0 Å². The average molecular weight is 368 g/mol. The molecule has 2 heterocycles. The summed E-state index contributed by atoms with van der Waals surface area (Å²) in [5.74, 6) is 2.07. The average Bonchev–Trinajstić information content (AvgIpc) is 2.68. The zero-order valence-electron chi connectivity index (χ0n) is 16.2. The van der Waals surface area contributed by atoms with E-state index in [9.17, 15) is 4.79 Å². The number of fused-ring (bicyclic) bond motifs is 1. The highest BCUT2D eigenvalue weighted by Crippen LogP contribution is 2.37. The van der Waals surface area contributed by atoms with Crippen LogP contribution in [-0.4, -0.2) is 37.9 Å². The molecule has 0 unspecified atom stereocenters. The molecular weight excluding hydrogens is 344 g/mol. The van der Waals surface area contributed by atoms with Crippen LogP contribution in [-0.2, 0) is 13.6 Å². The van der Waals surface area contributed by atoms with Crippen molar-refractivity contribution in [2.75, 3.05) is 33.2 Å². The number of aryl methyl sites for hydroxylation is 1. The second-order valence-corrected chi connectivity index (χ2v) is 6.50. The first kappa shape index (κ1) is 18.7. The molecule has 27 heavy (non-hydrogen) atoms. The topological polar surface area (TPSA) is 82.6 Å². The molecule has 2 aromatic heterocycles. The zero-order chi connectivity index (χ0) is 19.7. The van der Waals surface area contributed by atoms with Crippen molar-refractivity contribution in [1.29, 1.82) is 0 Å². The molecule has 0 radical (unpaired) electrons. The number of ether oxygens (including phenoxy) is 2. The van der Waals surface area contributed by atoms with Crippen molar-refractivity contribution in [1.82, 2.24) is 9.55 Å². The van der Waals surface area contributed by atoms with Gasteiger partial charge in [-0.1, -0.05) is 0 Å². The minimum absolute atomic E-state index is 0.0935. The number of hydrogen-bond donors (Lipinski definition) is 1. The molecule has 0 spiro atoms. The molecule has 0 fully saturated rings. The van der Waals surface area contributed by atoms with Gasteiger partial charge in [-0.3, -0.25) is 4.79 Å². The summed E-state index contributed by atoms with van der Waals surface area (Å²) in [6, 6.07) is 5.75. The molecule has 0 aliphatic heterocycles. The number of pyridine rings is 2. The molecule has 0 aliphatic carbocycles. The predicted molar refractivity (Wildman–Crippen MR) is 108 cm³/mol. The molecule has 0 saturated heterocycles. The quantitative estimate of drug-likeness (QED) is 0.743. The number of nitrogens with two attached hydrogens (primary N) is 1. The fourth-order valence-electron chi connectivity index (χ4n) is 3.16. The third-order valence-electron chi connectivity index (χ3n) is 4.63. The van der Waals surface area contributed by atoms with E-state index in [-0.39, 0.29) is 5.56 Å². The van der Waals surface area contributed by atoms with E-state index >= 15 is 0 Å². The summed E-state index contributed by atoms with van der Waals surface area (Å²) in [6.07, 6.45) is 3.44. The first-order valence-electron chi connectivity index (χ1n) is 8.53. The predicted octanol–water partition coefficient (Wildman–Crippen LogP) is 2.14. The Kier molecular flexibility index (Phi) is 5.05. The molecule has 0 amide bonds. The minimum atomic E-state index is -0.0935. The Bertz CT molecular complexity index is 1030. The van der Waals surface area contributed by atoms with Gasteiger partial charge in [-0.05, 0) is 23.8 Å². The number of anilines is 1. The highest BCUT2D eigenvalue weighted by atomic mass is 16.5. The van der Waals surface area contributed by atoms with Crippen LogP contribution in [0.2, 0.25) is 0 Å². The van der Waals surface area contributed by atoms with Crippen LogP contribution >= 0.6 is 0 Å². The molecule has 0 saturated carbocycles. The lowest BCUT2D eigenvalue weighted by Gasteiger charge is -2.17. The van der Waals surface area contributed by atoms with Crippen molar-refractivity contribution in [3.63, 3.8) is 0 Å². The first-order chi connectivity index (χ1) is 12.9. The van der Waals surface area contributed by atoms with E-state index < -0.39 is 0 Å². The molecule has 3 aromatic rings. The van der Waals surface area contributed by atoms with Crippen LogP contribution in [0.15, 0.2) is 35.4 Å². The van der Waals surface area contributed by atoms with Crippen molar-refractivity contribution < 1.29 is 9.47 Å². The highest BCUT2D eigenvalue weighted by Gasteiger charge is 2.16. The maximum Gasteiger partial charge on any atom is 0.259 e. The molecule has 0 atom stereocenters. The summed E-state index contributed by atoms with van der Waals surface area (Å²) < 4.78 is 12.6. The number of hydrogen-bond acceptors (Lipinski definition) is 6. The lowest BCUT2D eigenvalue weighted by molar-refractivity contribution is 0.386. The fraction of sp³-hybridized carbons (Fsp3) is 0.300. The summed E-state index contributed by atoms with van der Waals surface area (Å²) in [6.45, 7) is 0.301. The third kappa shape index (κ3) is 3.21. The van der Waals surface area contributed by atoms with Gasteiger partial charge in [0.15, 0.2) is 0 Å². The second-order valence-electron chi connectivity index (χ2n) is 6.50. The number of aromatic nitrogens is 2. The molecular formula is C20H24N4O3. The first-order valence-corrected chi connectivity index (χ1v) is 8.53. The minimum Gasteiger partial charge on any atom is -0.496 e. The molecule has 0 aliphatic rings. The standard InChI is InChI=1S/C20H24N4O3/c1-23(2)19-8-13-15(10-22-19)20(25)24(3)11-16(13)12-6-17(26-4)14(9-21)18(7-12)27-5/h6-8,10-11H,9,21H2,1-5H3. The highest BCUT2D eigenvalue weighted by molar-refractivity contribution is 5.97. The maximum absolute atomic E-state index is 12.6. The summed E-state index contributed by atoms with van der Waals surface area (Å²) >= 11 is 0. The molecule has 1 aromatic carbocycles. The van der Waals surface area contributed by atoms with E-state index in [0.717, 1.165) is 27.9 Å². The summed E-state index contributed by atoms with van der Waals surface area (Å²) in [4.78, 5) is 18.9. The normalized spacial score (nSPS) is 10.9. The van der Waals surface area contributed by atoms with Crippen LogP contribution in [0.3, 0.4) is 0 Å². The Morgan fingerprint density at radius 2 is 1.74 bits per heavy atom. The molecule has 2 N–H and O–H groups in total. The lowest BCUT2D eigenvalue weighted by Crippen LogP contribution is -2.18. The zero-order valence-corrected chi connectivity index (χ0v) is 16.2. The van der Waals surface area contributed by atoms with Crippen molar-refractivity contribution >= 4 is 16.6 Å². The second kappa shape index (κ2) is 7.28. The van der Waals surface area contributed by atoms with Gasteiger partial charge in [-0.15, -0.1) is 0 Å². The summed E-state index contributed by atoms with van der Waals surface area (Å²) in [5, 5.41) is 1.38. The molecule has 0 bridgehead atoms. The Hall–Kier alpha value is -3.06. The van der Waals surface area contributed by atoms with Crippen LogP contribution in [0.5, 0.6) is 11.5 Å². The Balaban J connectivity index is 2.38. The molecule has 7 heteroatoms. The number of nitrogens with zero attached hydrogens (tertiary/aromatic N) is 3. The van der Waals surface area contributed by atoms with Gasteiger partial charge in [0, 0.05) is 56.6 Å². The van der Waals surface area contributed by atoms with E-state index in [2.05, 4.69) is 4.98 Å². The van der Waals surface area contributed by atoms with Gasteiger partial charge in [-0.2, -0.15) is 0 Å². The van der Waals surface area contributed by atoms with Crippen LogP contribution in [0, 0.1) is 0 Å². The Morgan fingerprint density at radius 1 is 1.11 bits per heavy atom. The van der Waals surface area contributed by atoms with Gasteiger partial charge in [0.05, 0.1) is 19.6 Å². The van der Waals surface area contributed by atoms with Gasteiger partial charge in [-0.25, -0.2) is 4.98 Å². The third-order valence-corrected chi connectivity index (χ3v) is 4.63. The molecule has 7 nitrogen and oxygen atoms in total. The van der Waals surface area contributed by atoms with Crippen LogP contribution in [0.25, 0.3) is 21.9 Å².